The monoisotopic (exact) mass is 504 g/mol. The summed E-state index contributed by atoms with van der Waals surface area (Å²) in [6.45, 7) is 3.29. The number of ether oxygens (including phenoxy) is 1. The zero-order valence-electron chi connectivity index (χ0n) is 21.6. The van der Waals surface area contributed by atoms with E-state index in [-0.39, 0.29) is 53.4 Å². The number of alkyl halides is 1. The summed E-state index contributed by atoms with van der Waals surface area (Å²) in [6, 6.07) is 6.23. The Bertz CT molecular complexity index is 1010. The molecule has 0 aromatic heterocycles. The van der Waals surface area contributed by atoms with Crippen LogP contribution in [0.5, 0.6) is 11.5 Å². The Morgan fingerprint density at radius 3 is 2.42 bits per heavy atom. The number of hydrogen-bond donors (Lipinski definition) is 1. The number of aromatic hydroxyl groups is 1. The van der Waals surface area contributed by atoms with Gasteiger partial charge in [-0.3, -0.25) is 4.79 Å². The maximum absolute atomic E-state index is 15.0. The minimum absolute atomic E-state index is 0.0124. The molecule has 0 atom stereocenters. The Labute approximate surface area is 213 Å². The number of carbonyl (C=O) groups is 1. The second-order valence-electron chi connectivity index (χ2n) is 9.94. The molecule has 3 nitrogen and oxygen atoms in total. The summed E-state index contributed by atoms with van der Waals surface area (Å²) in [5.41, 5.74) is 0.676. The van der Waals surface area contributed by atoms with Crippen LogP contribution in [0, 0.1) is 17.6 Å². The second kappa shape index (κ2) is 13.7. The molecule has 3 rings (SSSR count). The van der Waals surface area contributed by atoms with E-state index in [0.717, 1.165) is 25.7 Å². The Morgan fingerprint density at radius 2 is 1.75 bits per heavy atom. The zero-order chi connectivity index (χ0) is 26.1. The van der Waals surface area contributed by atoms with E-state index in [1.807, 2.05) is 0 Å². The van der Waals surface area contributed by atoms with Gasteiger partial charge >= 0.3 is 0 Å². The summed E-state index contributed by atoms with van der Waals surface area (Å²) in [5, 5.41) is 10.3. The molecule has 1 fully saturated rings. The topological polar surface area (TPSA) is 46.5 Å². The molecular weight excluding hydrogens is 465 g/mol. The SMILES string of the molecule is CCCCCC1CCC(c2ccc(CCCC(=O)c3ccc(OCC)c(CF)c3O)c(F)c2F)CC1. The summed E-state index contributed by atoms with van der Waals surface area (Å²) < 4.78 is 48.5. The largest absolute Gasteiger partial charge is 0.507 e. The van der Waals surface area contributed by atoms with Crippen LogP contribution < -0.4 is 4.74 Å². The Morgan fingerprint density at radius 1 is 1.00 bits per heavy atom. The highest BCUT2D eigenvalue weighted by Crippen LogP contribution is 2.39. The number of rotatable bonds is 13. The van der Waals surface area contributed by atoms with E-state index < -0.39 is 24.1 Å². The molecule has 198 valence electrons. The highest BCUT2D eigenvalue weighted by atomic mass is 19.2. The van der Waals surface area contributed by atoms with Gasteiger partial charge in [-0.05, 0) is 80.5 Å². The lowest BCUT2D eigenvalue weighted by Gasteiger charge is -2.29. The summed E-state index contributed by atoms with van der Waals surface area (Å²) >= 11 is 0. The first-order valence-electron chi connectivity index (χ1n) is 13.4. The van der Waals surface area contributed by atoms with Crippen LogP contribution in [0.3, 0.4) is 0 Å². The highest BCUT2D eigenvalue weighted by molar-refractivity contribution is 5.99. The van der Waals surface area contributed by atoms with Crippen molar-refractivity contribution in [2.24, 2.45) is 5.92 Å². The molecule has 1 saturated carbocycles. The lowest BCUT2D eigenvalue weighted by atomic mass is 9.76. The molecule has 0 saturated heterocycles. The maximum atomic E-state index is 15.0. The number of halogens is 3. The third-order valence-corrected chi connectivity index (χ3v) is 7.52. The number of phenolic OH excluding ortho intramolecular Hbond substituents is 1. The third-order valence-electron chi connectivity index (χ3n) is 7.52. The van der Waals surface area contributed by atoms with Crippen LogP contribution in [-0.2, 0) is 13.1 Å². The number of phenols is 1. The van der Waals surface area contributed by atoms with Crippen LogP contribution in [0.1, 0.15) is 111 Å². The van der Waals surface area contributed by atoms with Crippen LogP contribution in [0.2, 0.25) is 0 Å². The molecule has 0 unspecified atom stereocenters. The fourth-order valence-corrected chi connectivity index (χ4v) is 5.39. The number of benzene rings is 2. The maximum Gasteiger partial charge on any atom is 0.166 e. The molecule has 2 aromatic carbocycles. The Balaban J connectivity index is 1.57. The number of Topliss-reactive ketones (excluding diaryl/α,β-unsaturated/α-hetero) is 1. The van der Waals surface area contributed by atoms with Crippen molar-refractivity contribution in [3.63, 3.8) is 0 Å². The van der Waals surface area contributed by atoms with Crippen molar-refractivity contribution in [2.75, 3.05) is 6.61 Å². The van der Waals surface area contributed by atoms with Gasteiger partial charge in [0.15, 0.2) is 17.4 Å². The van der Waals surface area contributed by atoms with Crippen LogP contribution in [0.25, 0.3) is 0 Å². The molecule has 0 radical (unpaired) electrons. The molecule has 0 amide bonds. The molecular formula is C30H39F3O3. The van der Waals surface area contributed by atoms with Crippen LogP contribution in [0.15, 0.2) is 24.3 Å². The molecule has 1 aliphatic rings. The highest BCUT2D eigenvalue weighted by Gasteiger charge is 2.26. The van der Waals surface area contributed by atoms with Crippen molar-refractivity contribution in [3.05, 3.63) is 58.2 Å². The number of aryl methyl sites for hydroxylation is 1. The van der Waals surface area contributed by atoms with Gasteiger partial charge in [0.2, 0.25) is 0 Å². The normalized spacial score (nSPS) is 17.8. The first-order chi connectivity index (χ1) is 17.4. The van der Waals surface area contributed by atoms with E-state index in [4.69, 9.17) is 4.74 Å². The van der Waals surface area contributed by atoms with Gasteiger partial charge in [0.1, 0.15) is 18.2 Å². The molecule has 2 aromatic rings. The van der Waals surface area contributed by atoms with Crippen molar-refractivity contribution in [2.45, 2.75) is 97.1 Å². The fraction of sp³-hybridized carbons (Fsp3) is 0.567. The van der Waals surface area contributed by atoms with E-state index in [9.17, 15) is 23.1 Å². The van der Waals surface area contributed by atoms with E-state index in [2.05, 4.69) is 6.92 Å². The molecule has 6 heteroatoms. The summed E-state index contributed by atoms with van der Waals surface area (Å²) in [7, 11) is 0. The van der Waals surface area contributed by atoms with Crippen LogP contribution in [-0.4, -0.2) is 17.5 Å². The molecule has 36 heavy (non-hydrogen) atoms. The van der Waals surface area contributed by atoms with Crippen molar-refractivity contribution >= 4 is 5.78 Å². The third kappa shape index (κ3) is 6.83. The number of hydrogen-bond acceptors (Lipinski definition) is 3. The van der Waals surface area contributed by atoms with E-state index >= 15 is 0 Å². The van der Waals surface area contributed by atoms with Crippen LogP contribution >= 0.6 is 0 Å². The second-order valence-corrected chi connectivity index (χ2v) is 9.94. The minimum Gasteiger partial charge on any atom is -0.507 e. The van der Waals surface area contributed by atoms with Crippen molar-refractivity contribution in [1.82, 2.24) is 0 Å². The number of carbonyl (C=O) groups excluding carboxylic acids is 1. The Kier molecular flexibility index (Phi) is 10.7. The first kappa shape index (κ1) is 28.1. The molecule has 0 heterocycles. The van der Waals surface area contributed by atoms with Gasteiger partial charge in [0, 0.05) is 6.42 Å². The smallest absolute Gasteiger partial charge is 0.166 e. The van der Waals surface area contributed by atoms with Crippen molar-refractivity contribution in [3.8, 4) is 11.5 Å². The zero-order valence-corrected chi connectivity index (χ0v) is 21.6. The summed E-state index contributed by atoms with van der Waals surface area (Å²) in [5.74, 6) is -1.41. The van der Waals surface area contributed by atoms with Gasteiger partial charge in [0.25, 0.3) is 0 Å². The standard InChI is InChI=1S/C30H39F3O3/c1-3-5-6-8-20-11-13-21(14-12-20)23-16-15-22(28(32)29(23)33)9-7-10-26(34)24-17-18-27(36-4-2)25(19-31)30(24)35/h15-18,20-21,35H,3-14,19H2,1-2H3. The average Bonchev–Trinajstić information content (AvgIpc) is 2.88. The summed E-state index contributed by atoms with van der Waals surface area (Å²) in [4.78, 5) is 12.6. The number of ketones is 1. The quantitative estimate of drug-likeness (QED) is 0.219. The van der Waals surface area contributed by atoms with Crippen LogP contribution in [0.4, 0.5) is 13.2 Å². The van der Waals surface area contributed by atoms with Gasteiger partial charge < -0.3 is 9.84 Å². The van der Waals surface area contributed by atoms with Gasteiger partial charge in [-0.1, -0.05) is 44.7 Å². The van der Waals surface area contributed by atoms with E-state index in [1.165, 1.54) is 37.8 Å². The van der Waals surface area contributed by atoms with Gasteiger partial charge in [-0.15, -0.1) is 0 Å². The van der Waals surface area contributed by atoms with Gasteiger partial charge in [-0.2, -0.15) is 0 Å². The van der Waals surface area contributed by atoms with Crippen molar-refractivity contribution in [1.29, 1.82) is 0 Å². The first-order valence-corrected chi connectivity index (χ1v) is 13.4. The average molecular weight is 505 g/mol. The van der Waals surface area contributed by atoms with Gasteiger partial charge in [0.05, 0.1) is 17.7 Å². The molecule has 1 aliphatic carbocycles. The van der Waals surface area contributed by atoms with Crippen molar-refractivity contribution < 1.29 is 27.8 Å². The molecule has 0 bridgehead atoms. The molecule has 0 spiro atoms. The molecule has 1 N–H and O–H groups in total. The van der Waals surface area contributed by atoms with Gasteiger partial charge in [-0.25, -0.2) is 13.2 Å². The molecule has 0 aliphatic heterocycles. The lowest BCUT2D eigenvalue weighted by Crippen LogP contribution is -2.15. The van der Waals surface area contributed by atoms with E-state index in [0.29, 0.717) is 18.1 Å². The Hall–Kier alpha value is -2.50. The summed E-state index contributed by atoms with van der Waals surface area (Å²) in [6.07, 6.45) is 9.40. The van der Waals surface area contributed by atoms with E-state index in [1.54, 1.807) is 19.1 Å². The lowest BCUT2D eigenvalue weighted by molar-refractivity contribution is 0.0977. The fourth-order valence-electron chi connectivity index (χ4n) is 5.39. The minimum atomic E-state index is -0.959. The predicted octanol–water partition coefficient (Wildman–Crippen LogP) is 8.60. The predicted molar refractivity (Wildman–Crippen MR) is 137 cm³/mol. The number of unbranched alkanes of at least 4 members (excludes halogenated alkanes) is 2.